The van der Waals surface area contributed by atoms with Gasteiger partial charge >= 0.3 is 0 Å². The Balaban J connectivity index is 0.00000225. The van der Waals surface area contributed by atoms with Crippen molar-refractivity contribution in [2.75, 3.05) is 19.1 Å². The van der Waals surface area contributed by atoms with E-state index >= 15 is 0 Å². The van der Waals surface area contributed by atoms with E-state index in [-0.39, 0.29) is 30.5 Å². The summed E-state index contributed by atoms with van der Waals surface area (Å²) in [7, 11) is 3.46. The minimum Gasteiger partial charge on any atom is -0.497 e. The number of hydrogen-bond acceptors (Lipinski definition) is 4. The second-order valence-corrected chi connectivity index (χ2v) is 4.65. The van der Waals surface area contributed by atoms with Crippen molar-refractivity contribution in [2.24, 2.45) is 0 Å². The molecule has 0 aliphatic carbocycles. The summed E-state index contributed by atoms with van der Waals surface area (Å²) < 4.78 is 29.1. The molecule has 2 aromatic carbocycles. The van der Waals surface area contributed by atoms with Gasteiger partial charge < -0.3 is 9.64 Å². The van der Waals surface area contributed by atoms with Crippen LogP contribution in [0.3, 0.4) is 0 Å². The van der Waals surface area contributed by atoms with Crippen LogP contribution in [0.2, 0.25) is 0 Å². The molecule has 0 spiro atoms. The first kappa shape index (κ1) is 12.2. The number of para-hydroxylation sites is 1. The van der Waals surface area contributed by atoms with Crippen molar-refractivity contribution in [3.05, 3.63) is 54.3 Å². The third kappa shape index (κ3) is 2.97. The molecule has 22 heavy (non-hydrogen) atoms. The van der Waals surface area contributed by atoms with Crippen molar-refractivity contribution < 1.29 is 8.85 Å². The SMILES string of the molecule is Cl.[2H]c1cc2nc(C)nc(N(C)c3ccc(OC)cc3)c2c([2H])c1[2H]. The monoisotopic (exact) mass is 318 g/mol. The van der Waals surface area contributed by atoms with E-state index in [2.05, 4.69) is 9.97 Å². The van der Waals surface area contributed by atoms with Crippen LogP contribution in [-0.2, 0) is 0 Å². The number of hydrogen-bond donors (Lipinski definition) is 0. The van der Waals surface area contributed by atoms with Crippen molar-refractivity contribution in [1.82, 2.24) is 9.97 Å². The van der Waals surface area contributed by atoms with Crippen LogP contribution in [0.4, 0.5) is 11.5 Å². The second kappa shape index (κ2) is 6.62. The highest BCUT2D eigenvalue weighted by molar-refractivity contribution is 5.91. The molecule has 1 heterocycles. The van der Waals surface area contributed by atoms with E-state index < -0.39 is 0 Å². The summed E-state index contributed by atoms with van der Waals surface area (Å²) >= 11 is 0. The molecule has 0 aliphatic heterocycles. The molecule has 0 amide bonds. The molecule has 0 unspecified atom stereocenters. The van der Waals surface area contributed by atoms with Crippen LogP contribution < -0.4 is 9.64 Å². The number of nitrogens with zero attached hydrogens (tertiary/aromatic N) is 3. The third-order valence-electron chi connectivity index (χ3n) is 3.28. The number of methoxy groups -OCH3 is 1. The molecule has 0 bridgehead atoms. The number of rotatable bonds is 3. The lowest BCUT2D eigenvalue weighted by molar-refractivity contribution is 0.415. The maximum Gasteiger partial charge on any atom is 0.144 e. The van der Waals surface area contributed by atoms with Crippen LogP contribution in [0.1, 0.15) is 9.94 Å². The third-order valence-corrected chi connectivity index (χ3v) is 3.28. The van der Waals surface area contributed by atoms with E-state index in [0.717, 1.165) is 11.4 Å². The summed E-state index contributed by atoms with van der Waals surface area (Å²) in [6.45, 7) is 1.77. The summed E-state index contributed by atoms with van der Waals surface area (Å²) in [5.41, 5.74) is 1.37. The first-order valence-corrected chi connectivity index (χ1v) is 6.55. The fourth-order valence-electron chi connectivity index (χ4n) is 2.18. The number of fused-ring (bicyclic) bond motifs is 1. The van der Waals surface area contributed by atoms with E-state index in [1.165, 1.54) is 6.07 Å². The summed E-state index contributed by atoms with van der Waals surface area (Å²) in [4.78, 5) is 10.6. The number of ether oxygens (including phenoxy) is 1. The van der Waals surface area contributed by atoms with Gasteiger partial charge in [0.15, 0.2) is 0 Å². The number of aromatic nitrogens is 2. The molecule has 0 atom stereocenters. The fourth-order valence-corrected chi connectivity index (χ4v) is 2.18. The molecule has 4 nitrogen and oxygen atoms in total. The first-order chi connectivity index (χ1) is 11.4. The Bertz CT molecular complexity index is 919. The van der Waals surface area contributed by atoms with Crippen molar-refractivity contribution in [3.8, 4) is 5.75 Å². The van der Waals surface area contributed by atoms with Crippen LogP contribution >= 0.6 is 12.4 Å². The van der Waals surface area contributed by atoms with Crippen LogP contribution in [-0.4, -0.2) is 24.1 Å². The lowest BCUT2D eigenvalue weighted by Gasteiger charge is -2.20. The second-order valence-electron chi connectivity index (χ2n) is 4.65. The van der Waals surface area contributed by atoms with Gasteiger partial charge in [0.25, 0.3) is 0 Å². The highest BCUT2D eigenvalue weighted by atomic mass is 35.5. The van der Waals surface area contributed by atoms with E-state index in [1.54, 1.807) is 14.0 Å². The molecule has 0 radical (unpaired) electrons. The molecule has 0 N–H and O–H groups in total. The highest BCUT2D eigenvalue weighted by Crippen LogP contribution is 2.29. The summed E-state index contributed by atoms with van der Waals surface area (Å²) in [6.07, 6.45) is 0. The quantitative estimate of drug-likeness (QED) is 0.727. The Morgan fingerprint density at radius 1 is 1.09 bits per heavy atom. The molecule has 0 fully saturated rings. The van der Waals surface area contributed by atoms with Gasteiger partial charge in [-0.3, -0.25) is 0 Å². The van der Waals surface area contributed by atoms with Gasteiger partial charge in [-0.25, -0.2) is 9.97 Å². The van der Waals surface area contributed by atoms with Crippen molar-refractivity contribution in [1.29, 1.82) is 0 Å². The van der Waals surface area contributed by atoms with Gasteiger partial charge in [-0.1, -0.05) is 12.1 Å². The van der Waals surface area contributed by atoms with E-state index in [4.69, 9.17) is 8.85 Å². The molecule has 3 aromatic rings. The number of anilines is 2. The molecular formula is C17H18ClN3O. The predicted molar refractivity (Wildman–Crippen MR) is 92.6 cm³/mol. The number of aryl methyl sites for hydroxylation is 1. The van der Waals surface area contributed by atoms with Gasteiger partial charge in [-0.15, -0.1) is 12.4 Å². The molecular weight excluding hydrogens is 298 g/mol. The van der Waals surface area contributed by atoms with Gasteiger partial charge in [-0.05, 0) is 43.3 Å². The minimum atomic E-state index is -0.126. The van der Waals surface area contributed by atoms with Crippen LogP contribution in [0.5, 0.6) is 5.75 Å². The number of halogens is 1. The Hall–Kier alpha value is -2.33. The molecule has 5 heteroatoms. The summed E-state index contributed by atoms with van der Waals surface area (Å²) in [5.74, 6) is 1.85. The van der Waals surface area contributed by atoms with Crippen LogP contribution in [0, 0.1) is 6.92 Å². The smallest absolute Gasteiger partial charge is 0.144 e. The van der Waals surface area contributed by atoms with Gasteiger partial charge in [-0.2, -0.15) is 0 Å². The highest BCUT2D eigenvalue weighted by Gasteiger charge is 2.11. The molecule has 1 aromatic heterocycles. The van der Waals surface area contributed by atoms with Crippen molar-refractivity contribution >= 4 is 34.8 Å². The van der Waals surface area contributed by atoms with E-state index in [1.807, 2.05) is 36.2 Å². The average Bonchev–Trinajstić information content (AvgIpc) is 2.58. The zero-order chi connectivity index (χ0) is 17.4. The topological polar surface area (TPSA) is 38.2 Å². The van der Waals surface area contributed by atoms with Gasteiger partial charge in [0.05, 0.1) is 16.7 Å². The summed E-state index contributed by atoms with van der Waals surface area (Å²) in [6, 6.07) is 8.83. The maximum atomic E-state index is 8.23. The van der Waals surface area contributed by atoms with Gasteiger partial charge in [0, 0.05) is 18.1 Å². The molecule has 114 valence electrons. The first-order valence-electron chi connectivity index (χ1n) is 8.05. The Morgan fingerprint density at radius 3 is 2.50 bits per heavy atom. The lowest BCUT2D eigenvalue weighted by atomic mass is 10.2. The van der Waals surface area contributed by atoms with E-state index in [9.17, 15) is 0 Å². The van der Waals surface area contributed by atoms with Gasteiger partial charge in [0.1, 0.15) is 17.4 Å². The van der Waals surface area contributed by atoms with E-state index in [0.29, 0.717) is 22.5 Å². The zero-order valence-electron chi connectivity index (χ0n) is 15.5. The Morgan fingerprint density at radius 2 is 1.82 bits per heavy atom. The average molecular weight is 319 g/mol. The Labute approximate surface area is 140 Å². The molecule has 0 saturated heterocycles. The van der Waals surface area contributed by atoms with Crippen molar-refractivity contribution in [3.63, 3.8) is 0 Å². The minimum absolute atomic E-state index is 0. The molecule has 3 rings (SSSR count). The standard InChI is InChI=1S/C17H17N3O.ClH/c1-12-18-16-7-5-4-6-15(16)17(19-12)20(2)13-8-10-14(21-3)11-9-13;/h4-11H,1-3H3;1H/i4D,5D,6D;. The number of benzene rings is 2. The zero-order valence-corrected chi connectivity index (χ0v) is 13.4. The van der Waals surface area contributed by atoms with Gasteiger partial charge in [0.2, 0.25) is 0 Å². The Kier molecular flexibility index (Phi) is 3.68. The molecule has 0 saturated carbocycles. The summed E-state index contributed by atoms with van der Waals surface area (Å²) in [5, 5.41) is 0.472. The largest absolute Gasteiger partial charge is 0.497 e. The lowest BCUT2D eigenvalue weighted by Crippen LogP contribution is -2.12. The van der Waals surface area contributed by atoms with Crippen molar-refractivity contribution in [2.45, 2.75) is 6.92 Å². The fraction of sp³-hybridized carbons (Fsp3) is 0.176. The van der Waals surface area contributed by atoms with Crippen LogP contribution in [0.15, 0.2) is 48.5 Å². The molecule has 0 aliphatic rings. The predicted octanol–water partition coefficient (Wildman–Crippen LogP) is 4.14. The maximum absolute atomic E-state index is 8.23. The van der Waals surface area contributed by atoms with Crippen LogP contribution in [0.25, 0.3) is 10.9 Å². The normalized spacial score (nSPS) is 12.0.